The second-order valence-corrected chi connectivity index (χ2v) is 6.89. The quantitative estimate of drug-likeness (QED) is 0.487. The fraction of sp³-hybridized carbons (Fsp3) is 0.0667. The van der Waals surface area contributed by atoms with Crippen molar-refractivity contribution in [3.05, 3.63) is 57.8 Å². The SMILES string of the molecule is CC1=NN(c2ccc(S(N)(=O)=O)cc2)C(=O)/C1=C\c1ccc([N+](=O)[O-])o1. The molecule has 1 aliphatic rings. The molecule has 26 heavy (non-hydrogen) atoms. The molecule has 0 unspecified atom stereocenters. The van der Waals surface area contributed by atoms with E-state index in [0.717, 1.165) is 5.01 Å². The predicted molar refractivity (Wildman–Crippen MR) is 91.7 cm³/mol. The van der Waals surface area contributed by atoms with Crippen LogP contribution in [0.3, 0.4) is 0 Å². The maximum absolute atomic E-state index is 12.6. The van der Waals surface area contributed by atoms with E-state index in [9.17, 15) is 23.3 Å². The van der Waals surface area contributed by atoms with E-state index in [1.165, 1.54) is 42.5 Å². The first kappa shape index (κ1) is 17.5. The molecule has 11 heteroatoms. The Bertz CT molecular complexity index is 1070. The van der Waals surface area contributed by atoms with E-state index in [-0.39, 0.29) is 16.2 Å². The second-order valence-electron chi connectivity index (χ2n) is 5.33. The molecule has 0 fully saturated rings. The fourth-order valence-corrected chi connectivity index (χ4v) is 2.81. The molecule has 0 radical (unpaired) electrons. The maximum atomic E-state index is 12.6. The third-order valence-electron chi connectivity index (χ3n) is 3.55. The standard InChI is InChI=1S/C15H12N4O6S/c1-9-13(8-11-4-7-14(25-11)19(21)22)15(20)18(17-9)10-2-5-12(6-3-10)26(16,23)24/h2-8H,1H3,(H2,16,23,24)/b13-8-. The van der Waals surface area contributed by atoms with Gasteiger partial charge in [0, 0.05) is 0 Å². The van der Waals surface area contributed by atoms with Crippen LogP contribution in [-0.4, -0.2) is 25.0 Å². The lowest BCUT2D eigenvalue weighted by atomic mass is 10.1. The number of rotatable bonds is 4. The van der Waals surface area contributed by atoms with Crippen LogP contribution >= 0.6 is 0 Å². The minimum atomic E-state index is -3.84. The monoisotopic (exact) mass is 376 g/mol. The van der Waals surface area contributed by atoms with Gasteiger partial charge in [-0.25, -0.2) is 13.6 Å². The number of hydrogen-bond donors (Lipinski definition) is 1. The smallest absolute Gasteiger partial charge is 0.401 e. The molecule has 0 bridgehead atoms. The average molecular weight is 376 g/mol. The van der Waals surface area contributed by atoms with E-state index in [1.54, 1.807) is 6.92 Å². The van der Waals surface area contributed by atoms with Crippen molar-refractivity contribution in [3.8, 4) is 0 Å². The van der Waals surface area contributed by atoms with Gasteiger partial charge in [0.15, 0.2) is 0 Å². The summed E-state index contributed by atoms with van der Waals surface area (Å²) < 4.78 is 27.6. The van der Waals surface area contributed by atoms with Gasteiger partial charge in [0.1, 0.15) is 10.7 Å². The number of carbonyl (C=O) groups is 1. The summed E-state index contributed by atoms with van der Waals surface area (Å²) in [5.41, 5.74) is 0.921. The minimum Gasteiger partial charge on any atom is -0.401 e. The van der Waals surface area contributed by atoms with E-state index >= 15 is 0 Å². The molecule has 1 aromatic heterocycles. The number of amides is 1. The topological polar surface area (TPSA) is 149 Å². The summed E-state index contributed by atoms with van der Waals surface area (Å²) in [4.78, 5) is 22.5. The van der Waals surface area contributed by atoms with Crippen LogP contribution in [0.2, 0.25) is 0 Å². The number of nitrogens with zero attached hydrogens (tertiary/aromatic N) is 3. The number of sulfonamides is 1. The molecule has 134 valence electrons. The van der Waals surface area contributed by atoms with Crippen molar-refractivity contribution in [2.45, 2.75) is 11.8 Å². The summed E-state index contributed by atoms with van der Waals surface area (Å²) in [5, 5.41) is 20.9. The molecule has 1 aliphatic heterocycles. The first-order valence-corrected chi connectivity index (χ1v) is 8.70. The van der Waals surface area contributed by atoms with Crippen LogP contribution in [0.15, 0.2) is 56.4 Å². The molecular weight excluding hydrogens is 364 g/mol. The van der Waals surface area contributed by atoms with Crippen LogP contribution in [0.1, 0.15) is 12.7 Å². The van der Waals surface area contributed by atoms with E-state index < -0.39 is 26.7 Å². The number of hydrogen-bond acceptors (Lipinski definition) is 7. The van der Waals surface area contributed by atoms with Crippen LogP contribution in [0.4, 0.5) is 11.6 Å². The zero-order valence-corrected chi connectivity index (χ0v) is 14.1. The molecule has 2 aromatic rings. The summed E-state index contributed by atoms with van der Waals surface area (Å²) in [6.07, 6.45) is 1.35. The Labute approximate surface area is 147 Å². The Morgan fingerprint density at radius 3 is 2.42 bits per heavy atom. The first-order valence-electron chi connectivity index (χ1n) is 7.15. The number of nitro groups is 1. The first-order chi connectivity index (χ1) is 12.2. The molecule has 0 saturated heterocycles. The lowest BCUT2D eigenvalue weighted by Gasteiger charge is -2.11. The molecule has 2 N–H and O–H groups in total. The van der Waals surface area contributed by atoms with Gasteiger partial charge < -0.3 is 4.42 Å². The Hall–Kier alpha value is -3.31. The zero-order valence-electron chi connectivity index (χ0n) is 13.3. The van der Waals surface area contributed by atoms with Crippen LogP contribution in [-0.2, 0) is 14.8 Å². The average Bonchev–Trinajstić information content (AvgIpc) is 3.15. The predicted octanol–water partition coefficient (Wildman–Crippen LogP) is 1.64. The third-order valence-corrected chi connectivity index (χ3v) is 4.48. The zero-order chi connectivity index (χ0) is 19.1. The molecule has 0 aliphatic carbocycles. The minimum absolute atomic E-state index is 0.0905. The van der Waals surface area contributed by atoms with Crippen molar-refractivity contribution in [3.63, 3.8) is 0 Å². The summed E-state index contributed by atoms with van der Waals surface area (Å²) in [7, 11) is -3.84. The van der Waals surface area contributed by atoms with Crippen molar-refractivity contribution in [2.75, 3.05) is 5.01 Å². The van der Waals surface area contributed by atoms with Crippen LogP contribution in [0, 0.1) is 10.1 Å². The van der Waals surface area contributed by atoms with Gasteiger partial charge in [0.2, 0.25) is 10.0 Å². The molecule has 0 saturated carbocycles. The van der Waals surface area contributed by atoms with E-state index in [2.05, 4.69) is 5.10 Å². The molecule has 1 amide bonds. The molecule has 10 nitrogen and oxygen atoms in total. The van der Waals surface area contributed by atoms with Gasteiger partial charge in [-0.3, -0.25) is 14.9 Å². The molecule has 1 aromatic carbocycles. The van der Waals surface area contributed by atoms with Gasteiger partial charge in [0.05, 0.1) is 27.9 Å². The highest BCUT2D eigenvalue weighted by molar-refractivity contribution is 7.89. The number of carbonyl (C=O) groups excluding carboxylic acids is 1. The van der Waals surface area contributed by atoms with Crippen molar-refractivity contribution < 1.29 is 22.6 Å². The fourth-order valence-electron chi connectivity index (χ4n) is 2.30. The number of furan rings is 1. The molecule has 0 atom stereocenters. The van der Waals surface area contributed by atoms with Crippen LogP contribution in [0.5, 0.6) is 0 Å². The summed E-state index contributed by atoms with van der Waals surface area (Å²) >= 11 is 0. The Morgan fingerprint density at radius 1 is 1.23 bits per heavy atom. The number of nitrogens with two attached hydrogens (primary N) is 1. The van der Waals surface area contributed by atoms with Crippen LogP contribution in [0.25, 0.3) is 6.08 Å². The molecule has 0 spiro atoms. The lowest BCUT2D eigenvalue weighted by molar-refractivity contribution is -0.402. The number of primary sulfonamides is 1. The number of anilines is 1. The molecule has 3 rings (SSSR count). The van der Waals surface area contributed by atoms with Crippen molar-refractivity contribution in [2.24, 2.45) is 10.2 Å². The van der Waals surface area contributed by atoms with Gasteiger partial charge in [0.25, 0.3) is 5.91 Å². The van der Waals surface area contributed by atoms with Gasteiger partial charge in [-0.15, -0.1) is 0 Å². The Morgan fingerprint density at radius 2 is 1.88 bits per heavy atom. The van der Waals surface area contributed by atoms with Crippen LogP contribution < -0.4 is 10.1 Å². The Kier molecular flexibility index (Phi) is 4.18. The summed E-state index contributed by atoms with van der Waals surface area (Å²) in [6.45, 7) is 1.60. The number of benzene rings is 1. The lowest BCUT2D eigenvalue weighted by Crippen LogP contribution is -2.21. The van der Waals surface area contributed by atoms with Crippen molar-refractivity contribution in [1.29, 1.82) is 0 Å². The summed E-state index contributed by atoms with van der Waals surface area (Å²) in [5.74, 6) is -0.779. The highest BCUT2D eigenvalue weighted by atomic mass is 32.2. The van der Waals surface area contributed by atoms with E-state index in [0.29, 0.717) is 11.4 Å². The highest BCUT2D eigenvalue weighted by Crippen LogP contribution is 2.27. The second kappa shape index (κ2) is 6.20. The largest absolute Gasteiger partial charge is 0.433 e. The summed E-state index contributed by atoms with van der Waals surface area (Å²) in [6, 6.07) is 7.88. The van der Waals surface area contributed by atoms with Gasteiger partial charge in [-0.1, -0.05) is 0 Å². The molecule has 2 heterocycles. The van der Waals surface area contributed by atoms with E-state index in [4.69, 9.17) is 9.56 Å². The third kappa shape index (κ3) is 3.25. The van der Waals surface area contributed by atoms with E-state index in [1.807, 2.05) is 0 Å². The maximum Gasteiger partial charge on any atom is 0.433 e. The molecular formula is C15H12N4O6S. The van der Waals surface area contributed by atoms with Crippen molar-refractivity contribution >= 4 is 39.3 Å². The highest BCUT2D eigenvalue weighted by Gasteiger charge is 2.29. The number of hydrazone groups is 1. The Balaban J connectivity index is 1.90. The van der Waals surface area contributed by atoms with Gasteiger partial charge in [-0.05, 0) is 43.3 Å². The van der Waals surface area contributed by atoms with Crippen molar-refractivity contribution in [1.82, 2.24) is 0 Å². The van der Waals surface area contributed by atoms with Gasteiger partial charge in [-0.2, -0.15) is 10.1 Å². The van der Waals surface area contributed by atoms with Gasteiger partial charge >= 0.3 is 5.88 Å². The normalized spacial score (nSPS) is 16.2.